The fraction of sp³-hybridized carbons (Fsp3) is 0.207. The standard InChI is InChI=1S/C29H26F3N3O2/c1-2-16-37-28-9-5-8-25-21(28)18-27(35(25)19-20-10-11-22(30)24(32)17-20)29(36)34-14-12-33(13-15-34)26-7-4-3-6-23(26)31/h2-11,17-18H,1,12-16,19H2. The molecule has 3 aromatic carbocycles. The molecule has 0 atom stereocenters. The Morgan fingerprint density at radius 1 is 0.892 bits per heavy atom. The highest BCUT2D eigenvalue weighted by molar-refractivity contribution is 6.00. The van der Waals surface area contributed by atoms with Gasteiger partial charge in [-0.15, -0.1) is 0 Å². The molecule has 37 heavy (non-hydrogen) atoms. The van der Waals surface area contributed by atoms with Gasteiger partial charge < -0.3 is 19.1 Å². The van der Waals surface area contributed by atoms with Crippen LogP contribution in [0.15, 0.2) is 79.4 Å². The number of fused-ring (bicyclic) bond motifs is 1. The molecule has 1 aliphatic rings. The van der Waals surface area contributed by atoms with Crippen LogP contribution >= 0.6 is 0 Å². The van der Waals surface area contributed by atoms with Crippen molar-refractivity contribution in [1.29, 1.82) is 0 Å². The summed E-state index contributed by atoms with van der Waals surface area (Å²) in [7, 11) is 0. The second kappa shape index (κ2) is 10.4. The molecule has 0 bridgehead atoms. The number of hydrogen-bond acceptors (Lipinski definition) is 3. The van der Waals surface area contributed by atoms with Crippen molar-refractivity contribution in [3.63, 3.8) is 0 Å². The number of carbonyl (C=O) groups excluding carboxylic acids is 1. The minimum absolute atomic E-state index is 0.169. The molecular formula is C29H26F3N3O2. The molecule has 2 heterocycles. The summed E-state index contributed by atoms with van der Waals surface area (Å²) >= 11 is 0. The predicted molar refractivity (Wildman–Crippen MR) is 138 cm³/mol. The van der Waals surface area contributed by atoms with Crippen LogP contribution < -0.4 is 9.64 Å². The first-order valence-corrected chi connectivity index (χ1v) is 12.0. The van der Waals surface area contributed by atoms with E-state index in [1.807, 2.05) is 23.1 Å². The zero-order valence-corrected chi connectivity index (χ0v) is 20.2. The Kier molecular flexibility index (Phi) is 6.90. The molecular weight excluding hydrogens is 479 g/mol. The monoisotopic (exact) mass is 505 g/mol. The molecule has 5 rings (SSSR count). The van der Waals surface area contributed by atoms with Crippen LogP contribution in [0, 0.1) is 17.5 Å². The lowest BCUT2D eigenvalue weighted by atomic mass is 10.2. The van der Waals surface area contributed by atoms with Gasteiger partial charge in [-0.1, -0.05) is 36.9 Å². The van der Waals surface area contributed by atoms with E-state index in [9.17, 15) is 18.0 Å². The van der Waals surface area contributed by atoms with Crippen LogP contribution in [-0.4, -0.2) is 48.2 Å². The van der Waals surface area contributed by atoms with Gasteiger partial charge in [0.15, 0.2) is 11.6 Å². The van der Waals surface area contributed by atoms with Crippen molar-refractivity contribution in [3.8, 4) is 5.75 Å². The summed E-state index contributed by atoms with van der Waals surface area (Å²) in [5, 5.41) is 0.736. The highest BCUT2D eigenvalue weighted by Gasteiger charge is 2.27. The second-order valence-corrected chi connectivity index (χ2v) is 8.88. The normalized spacial score (nSPS) is 13.7. The van der Waals surface area contributed by atoms with Gasteiger partial charge in [0.25, 0.3) is 5.91 Å². The Hall–Kier alpha value is -4.20. The van der Waals surface area contributed by atoms with E-state index in [2.05, 4.69) is 6.58 Å². The molecule has 8 heteroatoms. The van der Waals surface area contributed by atoms with Crippen LogP contribution in [0.1, 0.15) is 16.1 Å². The first-order valence-electron chi connectivity index (χ1n) is 12.0. The Morgan fingerprint density at radius 2 is 1.68 bits per heavy atom. The summed E-state index contributed by atoms with van der Waals surface area (Å²) in [4.78, 5) is 17.4. The van der Waals surface area contributed by atoms with E-state index in [0.717, 1.165) is 23.0 Å². The highest BCUT2D eigenvalue weighted by Crippen LogP contribution is 2.31. The minimum atomic E-state index is -0.943. The zero-order chi connectivity index (χ0) is 25.9. The number of nitrogens with zero attached hydrogens (tertiary/aromatic N) is 3. The van der Waals surface area contributed by atoms with E-state index in [1.165, 1.54) is 12.1 Å². The minimum Gasteiger partial charge on any atom is -0.489 e. The molecule has 1 saturated heterocycles. The molecule has 0 radical (unpaired) electrons. The largest absolute Gasteiger partial charge is 0.489 e. The number of hydrogen-bond donors (Lipinski definition) is 0. The second-order valence-electron chi connectivity index (χ2n) is 8.88. The molecule has 1 fully saturated rings. The van der Waals surface area contributed by atoms with Crippen LogP contribution in [-0.2, 0) is 6.54 Å². The SMILES string of the molecule is C=CCOc1cccc2c1cc(C(=O)N1CCN(c3ccccc3F)CC1)n2Cc1ccc(F)c(F)c1. The van der Waals surface area contributed by atoms with Gasteiger partial charge in [-0.05, 0) is 48.0 Å². The van der Waals surface area contributed by atoms with Gasteiger partial charge in [0, 0.05) is 38.1 Å². The molecule has 190 valence electrons. The summed E-state index contributed by atoms with van der Waals surface area (Å²) in [6.07, 6.45) is 1.64. The van der Waals surface area contributed by atoms with Gasteiger partial charge in [-0.2, -0.15) is 0 Å². The Balaban J connectivity index is 1.47. The number of carbonyl (C=O) groups is 1. The lowest BCUT2D eigenvalue weighted by Crippen LogP contribution is -2.49. The van der Waals surface area contributed by atoms with E-state index in [4.69, 9.17) is 4.74 Å². The van der Waals surface area contributed by atoms with Crippen molar-refractivity contribution in [1.82, 2.24) is 9.47 Å². The van der Waals surface area contributed by atoms with E-state index >= 15 is 0 Å². The molecule has 0 spiro atoms. The van der Waals surface area contributed by atoms with Gasteiger partial charge in [-0.25, -0.2) is 13.2 Å². The summed E-state index contributed by atoms with van der Waals surface area (Å²) in [6.45, 7) is 5.97. The first-order chi connectivity index (χ1) is 18.0. The van der Waals surface area contributed by atoms with Gasteiger partial charge in [-0.3, -0.25) is 4.79 Å². The van der Waals surface area contributed by atoms with Crippen molar-refractivity contribution >= 4 is 22.5 Å². The van der Waals surface area contributed by atoms with Gasteiger partial charge >= 0.3 is 0 Å². The van der Waals surface area contributed by atoms with Gasteiger partial charge in [0.2, 0.25) is 0 Å². The van der Waals surface area contributed by atoms with Crippen molar-refractivity contribution in [2.75, 3.05) is 37.7 Å². The first kappa shape index (κ1) is 24.5. The van der Waals surface area contributed by atoms with Crippen LogP contribution in [0.3, 0.4) is 0 Å². The predicted octanol–water partition coefficient (Wildman–Crippen LogP) is 5.63. The number of aromatic nitrogens is 1. The molecule has 1 aromatic heterocycles. The maximum absolute atomic E-state index is 14.3. The van der Waals surface area contributed by atoms with Crippen LogP contribution in [0.25, 0.3) is 10.9 Å². The van der Waals surface area contributed by atoms with E-state index < -0.39 is 11.6 Å². The van der Waals surface area contributed by atoms with Gasteiger partial charge in [0.05, 0.1) is 11.2 Å². The quantitative estimate of drug-likeness (QED) is 0.306. The zero-order valence-electron chi connectivity index (χ0n) is 20.2. The Bertz CT molecular complexity index is 1460. The molecule has 0 saturated carbocycles. The highest BCUT2D eigenvalue weighted by atomic mass is 19.2. The fourth-order valence-corrected chi connectivity index (χ4v) is 4.72. The van der Waals surface area contributed by atoms with Crippen LogP contribution in [0.2, 0.25) is 0 Å². The van der Waals surface area contributed by atoms with Crippen molar-refractivity contribution in [3.05, 3.63) is 108 Å². The van der Waals surface area contributed by atoms with E-state index in [0.29, 0.717) is 55.5 Å². The molecule has 5 nitrogen and oxygen atoms in total. The maximum atomic E-state index is 14.3. The Morgan fingerprint density at radius 3 is 2.41 bits per heavy atom. The number of amides is 1. The maximum Gasteiger partial charge on any atom is 0.270 e. The number of para-hydroxylation sites is 1. The average Bonchev–Trinajstić information content (AvgIpc) is 3.28. The Labute approximate surface area is 213 Å². The molecule has 1 amide bonds. The van der Waals surface area contributed by atoms with Crippen LogP contribution in [0.5, 0.6) is 5.75 Å². The topological polar surface area (TPSA) is 37.7 Å². The smallest absolute Gasteiger partial charge is 0.270 e. The number of ether oxygens (including phenoxy) is 1. The van der Waals surface area contributed by atoms with Gasteiger partial charge in [0.1, 0.15) is 23.9 Å². The number of rotatable bonds is 7. The molecule has 0 N–H and O–H groups in total. The molecule has 0 aliphatic carbocycles. The average molecular weight is 506 g/mol. The summed E-state index contributed by atoms with van der Waals surface area (Å²) in [5.41, 5.74) is 2.19. The van der Waals surface area contributed by atoms with Crippen molar-refractivity contribution in [2.24, 2.45) is 0 Å². The molecule has 4 aromatic rings. The number of benzene rings is 3. The third kappa shape index (κ3) is 4.91. The molecule has 0 unspecified atom stereocenters. The number of piperazine rings is 1. The summed E-state index contributed by atoms with van der Waals surface area (Å²) < 4.78 is 49.4. The van der Waals surface area contributed by atoms with Crippen molar-refractivity contribution < 1.29 is 22.7 Å². The summed E-state index contributed by atoms with van der Waals surface area (Å²) in [6, 6.07) is 17.6. The van der Waals surface area contributed by atoms with Crippen LogP contribution in [0.4, 0.5) is 18.9 Å². The van der Waals surface area contributed by atoms with Crippen molar-refractivity contribution in [2.45, 2.75) is 6.54 Å². The lowest BCUT2D eigenvalue weighted by molar-refractivity contribution is 0.0736. The third-order valence-corrected chi connectivity index (χ3v) is 6.57. The third-order valence-electron chi connectivity index (χ3n) is 6.57. The summed E-state index contributed by atoms with van der Waals surface area (Å²) in [5.74, 6) is -1.76. The number of halogens is 3. The fourth-order valence-electron chi connectivity index (χ4n) is 4.72. The lowest BCUT2D eigenvalue weighted by Gasteiger charge is -2.36. The van der Waals surface area contributed by atoms with E-state index in [1.54, 1.807) is 39.8 Å². The number of anilines is 1. The molecule has 1 aliphatic heterocycles. The van der Waals surface area contributed by atoms with E-state index in [-0.39, 0.29) is 18.3 Å².